The molecule has 0 spiro atoms. The van der Waals surface area contributed by atoms with E-state index < -0.39 is 11.5 Å². The molecule has 1 fully saturated rings. The number of carbonyl (C=O) groups excluding carboxylic acids is 1. The first-order valence-corrected chi connectivity index (χ1v) is 6.37. The highest BCUT2D eigenvalue weighted by molar-refractivity contribution is 8.26. The number of nitriles is 1. The van der Waals surface area contributed by atoms with Gasteiger partial charge in [-0.15, -0.1) is 0 Å². The van der Waals surface area contributed by atoms with Gasteiger partial charge < -0.3 is 15.5 Å². The summed E-state index contributed by atoms with van der Waals surface area (Å²) in [6.07, 6.45) is 0. The number of thioether (sulfide) groups is 1. The van der Waals surface area contributed by atoms with Crippen molar-refractivity contribution in [3.8, 4) is 17.6 Å². The van der Waals surface area contributed by atoms with Crippen molar-refractivity contribution >= 4 is 39.8 Å². The summed E-state index contributed by atoms with van der Waals surface area (Å²) in [5.74, 6) is -1.18. The van der Waals surface area contributed by atoms with Crippen LogP contribution in [-0.2, 0) is 4.79 Å². The molecule has 1 saturated heterocycles. The number of hydrogen-bond acceptors (Lipinski definition) is 6. The molecule has 3 N–H and O–H groups in total. The van der Waals surface area contributed by atoms with Crippen LogP contribution in [0.5, 0.6) is 11.5 Å². The first-order valence-electron chi connectivity index (χ1n) is 5.14. The molecule has 2 rings (SSSR count). The van der Waals surface area contributed by atoms with E-state index in [1.807, 2.05) is 0 Å². The standard InChI is InChI=1S/C12H8N2O3S2/c1-5(10-11(17)14-12(18)19-10)6-2-7(4-13)9(16)8(15)3-6/h2-3,15-16H,1H3,(H,14,17,18). The smallest absolute Gasteiger partial charge is 0.263 e. The molecule has 0 saturated carbocycles. The maximum absolute atomic E-state index is 11.7. The lowest BCUT2D eigenvalue weighted by molar-refractivity contribution is -0.115. The van der Waals surface area contributed by atoms with E-state index in [0.29, 0.717) is 20.4 Å². The van der Waals surface area contributed by atoms with Gasteiger partial charge in [-0.1, -0.05) is 24.0 Å². The van der Waals surface area contributed by atoms with Crippen molar-refractivity contribution in [2.75, 3.05) is 0 Å². The van der Waals surface area contributed by atoms with Crippen LogP contribution in [0, 0.1) is 11.3 Å². The summed E-state index contributed by atoms with van der Waals surface area (Å²) < 4.78 is 0.364. The van der Waals surface area contributed by atoms with Gasteiger partial charge in [-0.05, 0) is 30.2 Å². The highest BCUT2D eigenvalue weighted by Crippen LogP contribution is 2.36. The quantitative estimate of drug-likeness (QED) is 0.415. The third-order valence-electron chi connectivity index (χ3n) is 2.60. The molecule has 1 aliphatic rings. The van der Waals surface area contributed by atoms with E-state index in [0.717, 1.165) is 11.8 Å². The minimum absolute atomic E-state index is 0.0547. The fourth-order valence-corrected chi connectivity index (χ4v) is 2.70. The van der Waals surface area contributed by atoms with Gasteiger partial charge in [-0.25, -0.2) is 0 Å². The zero-order valence-electron chi connectivity index (χ0n) is 9.72. The number of phenolic OH excluding ortho intramolecular Hbond substituents is 2. The van der Waals surface area contributed by atoms with Crippen molar-refractivity contribution in [2.24, 2.45) is 0 Å². The Morgan fingerprint density at radius 2 is 2.16 bits per heavy atom. The van der Waals surface area contributed by atoms with Crippen LogP contribution < -0.4 is 5.32 Å². The summed E-state index contributed by atoms with van der Waals surface area (Å²) in [6, 6.07) is 4.48. The molecular weight excluding hydrogens is 284 g/mol. The Bertz CT molecular complexity index is 674. The summed E-state index contributed by atoms with van der Waals surface area (Å²) >= 11 is 6.02. The molecule has 0 radical (unpaired) electrons. The molecule has 1 amide bonds. The SMILES string of the molecule is CC(=C1SC(=S)NC1=O)c1cc(O)c(O)c(C#N)c1. The number of allylic oxidation sites excluding steroid dienone is 1. The van der Waals surface area contributed by atoms with Crippen LogP contribution in [0.4, 0.5) is 0 Å². The van der Waals surface area contributed by atoms with Gasteiger partial charge in [0.2, 0.25) is 0 Å². The van der Waals surface area contributed by atoms with Gasteiger partial charge in [0.1, 0.15) is 10.4 Å². The lowest BCUT2D eigenvalue weighted by atomic mass is 10.0. The highest BCUT2D eigenvalue weighted by atomic mass is 32.2. The van der Waals surface area contributed by atoms with Crippen LogP contribution in [0.2, 0.25) is 0 Å². The molecule has 1 aromatic carbocycles. The second kappa shape index (κ2) is 4.91. The average Bonchev–Trinajstić information content (AvgIpc) is 2.70. The Hall–Kier alpha value is -2.04. The second-order valence-electron chi connectivity index (χ2n) is 3.80. The van der Waals surface area contributed by atoms with Gasteiger partial charge in [0.25, 0.3) is 5.91 Å². The molecule has 5 nitrogen and oxygen atoms in total. The number of benzene rings is 1. The number of hydrogen-bond donors (Lipinski definition) is 3. The van der Waals surface area contributed by atoms with Crippen molar-refractivity contribution in [1.29, 1.82) is 5.26 Å². The van der Waals surface area contributed by atoms with Crippen LogP contribution in [0.25, 0.3) is 5.57 Å². The molecule has 96 valence electrons. The van der Waals surface area contributed by atoms with E-state index >= 15 is 0 Å². The summed E-state index contributed by atoms with van der Waals surface area (Å²) in [4.78, 5) is 12.1. The van der Waals surface area contributed by atoms with Gasteiger partial charge in [0.05, 0.1) is 10.5 Å². The van der Waals surface area contributed by atoms with Crippen molar-refractivity contribution < 1.29 is 15.0 Å². The first-order chi connectivity index (χ1) is 8.93. The largest absolute Gasteiger partial charge is 0.504 e. The number of nitrogens with zero attached hydrogens (tertiary/aromatic N) is 1. The molecule has 0 atom stereocenters. The fraction of sp³-hybridized carbons (Fsp3) is 0.0833. The number of aromatic hydroxyl groups is 2. The van der Waals surface area contributed by atoms with Crippen LogP contribution in [0.3, 0.4) is 0 Å². The van der Waals surface area contributed by atoms with Gasteiger partial charge in [0.15, 0.2) is 11.5 Å². The molecule has 0 aromatic heterocycles. The predicted molar refractivity (Wildman–Crippen MR) is 75.4 cm³/mol. The number of amides is 1. The Kier molecular flexibility index (Phi) is 3.46. The first kappa shape index (κ1) is 13.4. The third kappa shape index (κ3) is 2.41. The molecule has 0 bridgehead atoms. The number of phenols is 2. The van der Waals surface area contributed by atoms with E-state index in [2.05, 4.69) is 5.32 Å². The molecule has 0 unspecified atom stereocenters. The summed E-state index contributed by atoms with van der Waals surface area (Å²) in [6.45, 7) is 1.68. The molecule has 1 aliphatic heterocycles. The van der Waals surface area contributed by atoms with E-state index in [1.54, 1.807) is 13.0 Å². The summed E-state index contributed by atoms with van der Waals surface area (Å²) in [5, 5.41) is 30.4. The zero-order valence-corrected chi connectivity index (χ0v) is 11.4. The molecule has 1 aromatic rings. The highest BCUT2D eigenvalue weighted by Gasteiger charge is 2.25. The maximum Gasteiger partial charge on any atom is 0.263 e. The zero-order chi connectivity index (χ0) is 14.2. The van der Waals surface area contributed by atoms with E-state index in [9.17, 15) is 15.0 Å². The number of carbonyl (C=O) groups is 1. The summed E-state index contributed by atoms with van der Waals surface area (Å²) in [7, 11) is 0. The molecule has 0 aliphatic carbocycles. The monoisotopic (exact) mass is 292 g/mol. The average molecular weight is 292 g/mol. The Morgan fingerprint density at radius 1 is 1.47 bits per heavy atom. The second-order valence-corrected chi connectivity index (χ2v) is 5.49. The molecule has 19 heavy (non-hydrogen) atoms. The topological polar surface area (TPSA) is 93.3 Å². The van der Waals surface area contributed by atoms with E-state index in [-0.39, 0.29) is 11.5 Å². The van der Waals surface area contributed by atoms with E-state index in [4.69, 9.17) is 17.5 Å². The minimum atomic E-state index is -0.469. The van der Waals surface area contributed by atoms with Crippen LogP contribution in [-0.4, -0.2) is 20.4 Å². The lowest BCUT2D eigenvalue weighted by Gasteiger charge is -2.07. The van der Waals surface area contributed by atoms with Gasteiger partial charge >= 0.3 is 0 Å². The van der Waals surface area contributed by atoms with Gasteiger partial charge in [-0.2, -0.15) is 5.26 Å². The Morgan fingerprint density at radius 3 is 2.68 bits per heavy atom. The van der Waals surface area contributed by atoms with Gasteiger partial charge in [0, 0.05) is 0 Å². The van der Waals surface area contributed by atoms with Crippen LogP contribution >= 0.6 is 24.0 Å². The number of rotatable bonds is 1. The third-order valence-corrected chi connectivity index (χ3v) is 3.94. The number of thiocarbonyl (C=S) groups is 1. The van der Waals surface area contributed by atoms with Gasteiger partial charge in [-0.3, -0.25) is 4.79 Å². The minimum Gasteiger partial charge on any atom is -0.504 e. The van der Waals surface area contributed by atoms with Crippen molar-refractivity contribution in [1.82, 2.24) is 5.32 Å². The Labute approximate surface area is 118 Å². The van der Waals surface area contributed by atoms with Crippen molar-refractivity contribution in [3.63, 3.8) is 0 Å². The van der Waals surface area contributed by atoms with Crippen LogP contribution in [0.1, 0.15) is 18.1 Å². The van der Waals surface area contributed by atoms with E-state index in [1.165, 1.54) is 12.1 Å². The molecular formula is C12H8N2O3S2. The fourth-order valence-electron chi connectivity index (χ4n) is 1.61. The molecule has 7 heteroatoms. The predicted octanol–water partition coefficient (Wildman–Crippen LogP) is 1.85. The number of nitrogens with one attached hydrogen (secondary N) is 1. The maximum atomic E-state index is 11.7. The lowest BCUT2D eigenvalue weighted by Crippen LogP contribution is -2.18. The normalized spacial score (nSPS) is 17.1. The van der Waals surface area contributed by atoms with Crippen molar-refractivity contribution in [2.45, 2.75) is 6.92 Å². The Balaban J connectivity index is 2.57. The van der Waals surface area contributed by atoms with Crippen molar-refractivity contribution in [3.05, 3.63) is 28.2 Å². The van der Waals surface area contributed by atoms with Crippen LogP contribution in [0.15, 0.2) is 17.0 Å². The summed E-state index contributed by atoms with van der Waals surface area (Å²) in [5.41, 5.74) is 1.00. The molecule has 1 heterocycles.